The molecule has 0 bridgehead atoms. The molecule has 0 radical (unpaired) electrons. The molecule has 1 aromatic rings. The van der Waals surface area contributed by atoms with Gasteiger partial charge >= 0.3 is 6.03 Å². The van der Waals surface area contributed by atoms with Crippen LogP contribution in [0, 0.1) is 5.82 Å². The second-order valence-corrected chi connectivity index (χ2v) is 5.86. The quantitative estimate of drug-likeness (QED) is 0.782. The zero-order valence-electron chi connectivity index (χ0n) is 13.0. The van der Waals surface area contributed by atoms with Crippen LogP contribution < -0.4 is 15.4 Å². The van der Waals surface area contributed by atoms with Gasteiger partial charge in [-0.25, -0.2) is 9.18 Å². The molecular formula is C16H23FN2O3. The summed E-state index contributed by atoms with van der Waals surface area (Å²) >= 11 is 0. The molecule has 1 saturated carbocycles. The van der Waals surface area contributed by atoms with E-state index in [2.05, 4.69) is 10.6 Å². The number of amides is 2. The summed E-state index contributed by atoms with van der Waals surface area (Å²) in [5.74, 6) is -0.290. The molecule has 0 spiro atoms. The molecule has 0 aliphatic heterocycles. The molecule has 2 amide bonds. The third-order valence-electron chi connectivity index (χ3n) is 4.27. The number of hydrogen-bond donors (Lipinski definition) is 3. The van der Waals surface area contributed by atoms with Crippen LogP contribution in [0.2, 0.25) is 0 Å². The van der Waals surface area contributed by atoms with Crippen molar-refractivity contribution >= 4 is 6.03 Å². The average molecular weight is 310 g/mol. The van der Waals surface area contributed by atoms with E-state index in [-0.39, 0.29) is 24.4 Å². The van der Waals surface area contributed by atoms with Crippen LogP contribution in [0.5, 0.6) is 5.75 Å². The Morgan fingerprint density at radius 1 is 1.45 bits per heavy atom. The number of aliphatic hydroxyl groups is 1. The predicted molar refractivity (Wildman–Crippen MR) is 81.3 cm³/mol. The van der Waals surface area contributed by atoms with Gasteiger partial charge in [-0.05, 0) is 37.5 Å². The number of halogens is 1. The van der Waals surface area contributed by atoms with Crippen molar-refractivity contribution in [1.29, 1.82) is 0 Å². The highest BCUT2D eigenvalue weighted by Gasteiger charge is 2.34. The first kappa shape index (κ1) is 16.5. The standard InChI is InChI=1S/C16H23FN2O3/c1-11(12-5-6-14(22-2)13(17)9-12)18-15(21)19-16(10-20)7-3-4-8-16/h5-6,9,11,20H,3-4,7-8,10H2,1-2H3,(H2,18,19,21). The normalized spacial score (nSPS) is 17.8. The third kappa shape index (κ3) is 3.68. The summed E-state index contributed by atoms with van der Waals surface area (Å²) < 4.78 is 18.6. The molecule has 6 heteroatoms. The van der Waals surface area contributed by atoms with Gasteiger partial charge in [0.15, 0.2) is 11.6 Å². The van der Waals surface area contributed by atoms with Gasteiger partial charge in [-0.15, -0.1) is 0 Å². The van der Waals surface area contributed by atoms with Gasteiger partial charge in [0.1, 0.15) is 0 Å². The minimum absolute atomic E-state index is 0.0635. The first-order valence-electron chi connectivity index (χ1n) is 7.53. The van der Waals surface area contributed by atoms with Crippen molar-refractivity contribution < 1.29 is 19.0 Å². The molecule has 1 aliphatic carbocycles. The molecule has 5 nitrogen and oxygen atoms in total. The van der Waals surface area contributed by atoms with Crippen LogP contribution in [-0.4, -0.2) is 30.4 Å². The van der Waals surface area contributed by atoms with Crippen LogP contribution in [0.3, 0.4) is 0 Å². The van der Waals surface area contributed by atoms with Crippen LogP contribution >= 0.6 is 0 Å². The second kappa shape index (κ2) is 6.96. The summed E-state index contributed by atoms with van der Waals surface area (Å²) in [6, 6.07) is 3.90. The Balaban J connectivity index is 1.97. The number of aliphatic hydroxyl groups excluding tert-OH is 1. The lowest BCUT2D eigenvalue weighted by Crippen LogP contribution is -2.53. The average Bonchev–Trinajstić information content (AvgIpc) is 2.96. The molecule has 1 atom stereocenters. The number of nitrogens with one attached hydrogen (secondary N) is 2. The van der Waals surface area contributed by atoms with Crippen molar-refractivity contribution in [2.24, 2.45) is 0 Å². The highest BCUT2D eigenvalue weighted by molar-refractivity contribution is 5.75. The van der Waals surface area contributed by atoms with Crippen molar-refractivity contribution in [2.75, 3.05) is 13.7 Å². The zero-order chi connectivity index (χ0) is 16.2. The van der Waals surface area contributed by atoms with Crippen LogP contribution in [0.1, 0.15) is 44.2 Å². The third-order valence-corrected chi connectivity index (χ3v) is 4.27. The molecule has 0 saturated heterocycles. The molecule has 0 aromatic heterocycles. The lowest BCUT2D eigenvalue weighted by molar-refractivity contribution is 0.162. The Labute approximate surface area is 129 Å². The van der Waals surface area contributed by atoms with Crippen molar-refractivity contribution in [3.8, 4) is 5.75 Å². The van der Waals surface area contributed by atoms with E-state index in [0.717, 1.165) is 25.7 Å². The zero-order valence-corrected chi connectivity index (χ0v) is 13.0. The largest absolute Gasteiger partial charge is 0.494 e. The molecule has 1 aliphatic rings. The number of rotatable bonds is 5. The van der Waals surface area contributed by atoms with Crippen LogP contribution in [0.15, 0.2) is 18.2 Å². The Morgan fingerprint density at radius 2 is 2.14 bits per heavy atom. The Bertz CT molecular complexity index is 530. The fourth-order valence-electron chi connectivity index (χ4n) is 2.88. The molecule has 1 aromatic carbocycles. The molecular weight excluding hydrogens is 287 g/mol. The van der Waals surface area contributed by atoms with Gasteiger partial charge in [0.25, 0.3) is 0 Å². The van der Waals surface area contributed by atoms with Crippen LogP contribution in [0.25, 0.3) is 0 Å². The van der Waals surface area contributed by atoms with E-state index in [1.54, 1.807) is 13.0 Å². The Hall–Kier alpha value is -1.82. The van der Waals surface area contributed by atoms with Gasteiger partial charge in [0.05, 0.1) is 25.3 Å². The van der Waals surface area contributed by atoms with Gasteiger partial charge in [0, 0.05) is 0 Å². The fourth-order valence-corrected chi connectivity index (χ4v) is 2.88. The van der Waals surface area contributed by atoms with Gasteiger partial charge in [-0.1, -0.05) is 18.9 Å². The maximum atomic E-state index is 13.7. The number of hydrogen-bond acceptors (Lipinski definition) is 3. The first-order chi connectivity index (χ1) is 10.5. The SMILES string of the molecule is COc1ccc(C(C)NC(=O)NC2(CO)CCCC2)cc1F. The number of benzene rings is 1. The van der Waals surface area contributed by atoms with Crippen molar-refractivity contribution in [3.05, 3.63) is 29.6 Å². The van der Waals surface area contributed by atoms with Crippen molar-refractivity contribution in [3.63, 3.8) is 0 Å². The van der Waals surface area contributed by atoms with Crippen molar-refractivity contribution in [2.45, 2.75) is 44.2 Å². The molecule has 122 valence electrons. The first-order valence-corrected chi connectivity index (χ1v) is 7.53. The maximum Gasteiger partial charge on any atom is 0.315 e. The summed E-state index contributed by atoms with van der Waals surface area (Å²) in [7, 11) is 1.41. The molecule has 1 fully saturated rings. The Kier molecular flexibility index (Phi) is 5.24. The fraction of sp³-hybridized carbons (Fsp3) is 0.562. The second-order valence-electron chi connectivity index (χ2n) is 5.86. The Morgan fingerprint density at radius 3 is 2.68 bits per heavy atom. The molecule has 22 heavy (non-hydrogen) atoms. The van der Waals surface area contributed by atoms with Gasteiger partial charge in [-0.3, -0.25) is 0 Å². The lowest BCUT2D eigenvalue weighted by Gasteiger charge is -2.29. The van der Waals surface area contributed by atoms with Gasteiger partial charge in [-0.2, -0.15) is 0 Å². The summed E-state index contributed by atoms with van der Waals surface area (Å²) in [5, 5.41) is 15.1. The lowest BCUT2D eigenvalue weighted by atomic mass is 9.99. The maximum absolute atomic E-state index is 13.7. The monoisotopic (exact) mass is 310 g/mol. The molecule has 2 rings (SSSR count). The van der Waals surface area contributed by atoms with E-state index in [4.69, 9.17) is 4.74 Å². The van der Waals surface area contributed by atoms with E-state index in [1.165, 1.54) is 19.2 Å². The topological polar surface area (TPSA) is 70.6 Å². The van der Waals surface area contributed by atoms with Crippen LogP contribution in [-0.2, 0) is 0 Å². The predicted octanol–water partition coefficient (Wildman–Crippen LogP) is 2.50. The molecule has 0 heterocycles. The number of ether oxygens (including phenoxy) is 1. The van der Waals surface area contributed by atoms with Crippen molar-refractivity contribution in [1.82, 2.24) is 10.6 Å². The molecule has 1 unspecified atom stereocenters. The minimum Gasteiger partial charge on any atom is -0.494 e. The summed E-state index contributed by atoms with van der Waals surface area (Å²) in [5.41, 5.74) is 0.132. The minimum atomic E-state index is -0.519. The van der Waals surface area contributed by atoms with E-state index in [1.807, 2.05) is 0 Å². The highest BCUT2D eigenvalue weighted by atomic mass is 19.1. The summed E-state index contributed by atoms with van der Waals surface area (Å²) in [6.07, 6.45) is 3.56. The number of carbonyl (C=O) groups is 1. The smallest absolute Gasteiger partial charge is 0.315 e. The number of carbonyl (C=O) groups excluding carboxylic acids is 1. The number of methoxy groups -OCH3 is 1. The van der Waals surface area contributed by atoms with Gasteiger partial charge in [0.2, 0.25) is 0 Å². The van der Waals surface area contributed by atoms with E-state index < -0.39 is 11.4 Å². The highest BCUT2D eigenvalue weighted by Crippen LogP contribution is 2.29. The van der Waals surface area contributed by atoms with Crippen LogP contribution in [0.4, 0.5) is 9.18 Å². The summed E-state index contributed by atoms with van der Waals surface area (Å²) in [4.78, 5) is 12.1. The van der Waals surface area contributed by atoms with E-state index >= 15 is 0 Å². The van der Waals surface area contributed by atoms with E-state index in [0.29, 0.717) is 5.56 Å². The summed E-state index contributed by atoms with van der Waals surface area (Å²) in [6.45, 7) is 1.72. The number of urea groups is 1. The van der Waals surface area contributed by atoms with Gasteiger partial charge < -0.3 is 20.5 Å². The molecule has 3 N–H and O–H groups in total. The van der Waals surface area contributed by atoms with E-state index in [9.17, 15) is 14.3 Å².